The highest BCUT2D eigenvalue weighted by Crippen LogP contribution is 2.25. The van der Waals surface area contributed by atoms with Crippen LogP contribution >= 0.6 is 0 Å². The first-order valence-electron chi connectivity index (χ1n) is 7.43. The molecule has 0 saturated heterocycles. The Hall–Kier alpha value is -0.650. The molecule has 1 aliphatic rings. The van der Waals surface area contributed by atoms with Gasteiger partial charge in [-0.3, -0.25) is 9.69 Å². The molecule has 0 spiro atoms. The van der Waals surface area contributed by atoms with Crippen molar-refractivity contribution in [1.82, 2.24) is 15.5 Å². The van der Waals surface area contributed by atoms with Gasteiger partial charge in [-0.25, -0.2) is 0 Å². The van der Waals surface area contributed by atoms with E-state index in [1.54, 1.807) is 7.11 Å². The fourth-order valence-electron chi connectivity index (χ4n) is 2.14. The third-order valence-electron chi connectivity index (χ3n) is 3.54. The van der Waals surface area contributed by atoms with Gasteiger partial charge in [-0.05, 0) is 32.7 Å². The Bertz CT molecular complexity index is 257. The SMILES string of the molecule is CCN(CCNC(C)C(=O)NCCCOC)C1CC1. The number of hydrogen-bond acceptors (Lipinski definition) is 4. The van der Waals surface area contributed by atoms with Gasteiger partial charge in [0.15, 0.2) is 0 Å². The van der Waals surface area contributed by atoms with E-state index in [-0.39, 0.29) is 11.9 Å². The van der Waals surface area contributed by atoms with Gasteiger partial charge in [0.25, 0.3) is 0 Å². The Labute approximate surface area is 117 Å². The van der Waals surface area contributed by atoms with E-state index in [1.807, 2.05) is 6.92 Å². The summed E-state index contributed by atoms with van der Waals surface area (Å²) in [5, 5.41) is 6.20. The maximum absolute atomic E-state index is 11.8. The molecule has 0 aromatic carbocycles. The molecule has 0 bridgehead atoms. The summed E-state index contributed by atoms with van der Waals surface area (Å²) in [7, 11) is 1.67. The number of carbonyl (C=O) groups excluding carboxylic acids is 1. The number of likely N-dealkylation sites (N-methyl/N-ethyl adjacent to an activating group) is 1. The lowest BCUT2D eigenvalue weighted by molar-refractivity contribution is -0.122. The minimum Gasteiger partial charge on any atom is -0.385 e. The average Bonchev–Trinajstić information content (AvgIpc) is 3.23. The summed E-state index contributed by atoms with van der Waals surface area (Å²) >= 11 is 0. The van der Waals surface area contributed by atoms with Crippen LogP contribution in [0, 0.1) is 0 Å². The molecule has 0 heterocycles. The normalized spacial score (nSPS) is 16.6. The Morgan fingerprint density at radius 2 is 2.16 bits per heavy atom. The summed E-state index contributed by atoms with van der Waals surface area (Å²) in [5.74, 6) is 0.0746. The van der Waals surface area contributed by atoms with Gasteiger partial charge in [-0.1, -0.05) is 6.92 Å². The summed E-state index contributed by atoms with van der Waals surface area (Å²) in [6.07, 6.45) is 3.53. The minimum absolute atomic E-state index is 0.0746. The number of carbonyl (C=O) groups is 1. The molecule has 0 aliphatic heterocycles. The lowest BCUT2D eigenvalue weighted by Gasteiger charge is -2.21. The number of ether oxygens (including phenoxy) is 1. The molecule has 112 valence electrons. The van der Waals surface area contributed by atoms with Gasteiger partial charge in [0.05, 0.1) is 6.04 Å². The molecule has 1 amide bonds. The number of methoxy groups -OCH3 is 1. The van der Waals surface area contributed by atoms with E-state index < -0.39 is 0 Å². The Morgan fingerprint density at radius 3 is 2.74 bits per heavy atom. The van der Waals surface area contributed by atoms with Gasteiger partial charge in [0.1, 0.15) is 0 Å². The monoisotopic (exact) mass is 271 g/mol. The zero-order valence-electron chi connectivity index (χ0n) is 12.6. The van der Waals surface area contributed by atoms with Crippen LogP contribution < -0.4 is 10.6 Å². The fraction of sp³-hybridized carbons (Fsp3) is 0.929. The van der Waals surface area contributed by atoms with Crippen molar-refractivity contribution in [1.29, 1.82) is 0 Å². The average molecular weight is 271 g/mol. The maximum atomic E-state index is 11.8. The molecule has 1 atom stereocenters. The van der Waals surface area contributed by atoms with Gasteiger partial charge in [-0.2, -0.15) is 0 Å². The number of rotatable bonds is 11. The molecule has 5 nitrogen and oxygen atoms in total. The zero-order valence-corrected chi connectivity index (χ0v) is 12.6. The first-order chi connectivity index (χ1) is 9.19. The van der Waals surface area contributed by atoms with Crippen molar-refractivity contribution in [3.05, 3.63) is 0 Å². The lowest BCUT2D eigenvalue weighted by atomic mass is 10.3. The molecule has 5 heteroatoms. The highest BCUT2D eigenvalue weighted by Gasteiger charge is 2.27. The molecule has 0 aromatic rings. The molecule has 1 saturated carbocycles. The summed E-state index contributed by atoms with van der Waals surface area (Å²) in [4.78, 5) is 14.3. The van der Waals surface area contributed by atoms with Crippen molar-refractivity contribution in [2.75, 3.05) is 39.9 Å². The van der Waals surface area contributed by atoms with Crippen LogP contribution in [-0.2, 0) is 9.53 Å². The van der Waals surface area contributed by atoms with Crippen LogP contribution in [0.3, 0.4) is 0 Å². The number of nitrogens with zero attached hydrogens (tertiary/aromatic N) is 1. The molecule has 1 unspecified atom stereocenters. The largest absolute Gasteiger partial charge is 0.385 e. The second-order valence-electron chi connectivity index (χ2n) is 5.17. The highest BCUT2D eigenvalue weighted by molar-refractivity contribution is 5.81. The summed E-state index contributed by atoms with van der Waals surface area (Å²) in [6.45, 7) is 8.49. The molecule has 19 heavy (non-hydrogen) atoms. The van der Waals surface area contributed by atoms with E-state index in [1.165, 1.54) is 12.8 Å². The van der Waals surface area contributed by atoms with Crippen LogP contribution in [0.15, 0.2) is 0 Å². The first kappa shape index (κ1) is 16.4. The van der Waals surface area contributed by atoms with E-state index in [9.17, 15) is 4.79 Å². The first-order valence-corrected chi connectivity index (χ1v) is 7.43. The minimum atomic E-state index is -0.125. The van der Waals surface area contributed by atoms with Crippen molar-refractivity contribution in [3.63, 3.8) is 0 Å². The quantitative estimate of drug-likeness (QED) is 0.540. The number of amides is 1. The molecule has 0 aromatic heterocycles. The third-order valence-corrected chi connectivity index (χ3v) is 3.54. The number of hydrogen-bond donors (Lipinski definition) is 2. The van der Waals surface area contributed by atoms with Crippen molar-refractivity contribution in [2.24, 2.45) is 0 Å². The topological polar surface area (TPSA) is 53.6 Å². The van der Waals surface area contributed by atoms with Gasteiger partial charge in [0, 0.05) is 39.4 Å². The van der Waals surface area contributed by atoms with Crippen LogP contribution in [0.4, 0.5) is 0 Å². The second kappa shape index (κ2) is 9.28. The van der Waals surface area contributed by atoms with Gasteiger partial charge in [0.2, 0.25) is 5.91 Å². The summed E-state index contributed by atoms with van der Waals surface area (Å²) in [6, 6.07) is 0.672. The molecule has 1 fully saturated rings. The summed E-state index contributed by atoms with van der Waals surface area (Å²) in [5.41, 5.74) is 0. The maximum Gasteiger partial charge on any atom is 0.236 e. The van der Waals surface area contributed by atoms with Crippen LogP contribution in [-0.4, -0.2) is 62.8 Å². The van der Waals surface area contributed by atoms with Crippen molar-refractivity contribution in [3.8, 4) is 0 Å². The van der Waals surface area contributed by atoms with Gasteiger partial charge >= 0.3 is 0 Å². The standard InChI is InChI=1S/C14H29N3O2/c1-4-17(13-6-7-13)10-9-15-12(2)14(18)16-8-5-11-19-3/h12-13,15H,4-11H2,1-3H3,(H,16,18). The second-order valence-corrected chi connectivity index (χ2v) is 5.17. The predicted molar refractivity (Wildman–Crippen MR) is 77.2 cm³/mol. The molecule has 1 aliphatic carbocycles. The molecular weight excluding hydrogens is 242 g/mol. The predicted octanol–water partition coefficient (Wildman–Crippen LogP) is 0.602. The van der Waals surface area contributed by atoms with Crippen molar-refractivity contribution in [2.45, 2.75) is 45.2 Å². The Balaban J connectivity index is 2.05. The van der Waals surface area contributed by atoms with Crippen molar-refractivity contribution < 1.29 is 9.53 Å². The smallest absolute Gasteiger partial charge is 0.236 e. The molecule has 1 rings (SSSR count). The fourth-order valence-corrected chi connectivity index (χ4v) is 2.14. The van der Waals surface area contributed by atoms with E-state index >= 15 is 0 Å². The van der Waals surface area contributed by atoms with Crippen LogP contribution in [0.1, 0.15) is 33.1 Å². The van der Waals surface area contributed by atoms with Gasteiger partial charge in [-0.15, -0.1) is 0 Å². The molecule has 0 radical (unpaired) electrons. The van der Waals surface area contributed by atoms with E-state index in [0.29, 0.717) is 13.2 Å². The zero-order chi connectivity index (χ0) is 14.1. The van der Waals surface area contributed by atoms with Crippen LogP contribution in [0.25, 0.3) is 0 Å². The van der Waals surface area contributed by atoms with E-state index in [4.69, 9.17) is 4.74 Å². The van der Waals surface area contributed by atoms with Crippen LogP contribution in [0.2, 0.25) is 0 Å². The highest BCUT2D eigenvalue weighted by atomic mass is 16.5. The van der Waals surface area contributed by atoms with Crippen LogP contribution in [0.5, 0.6) is 0 Å². The van der Waals surface area contributed by atoms with Gasteiger partial charge < -0.3 is 15.4 Å². The number of nitrogens with one attached hydrogen (secondary N) is 2. The summed E-state index contributed by atoms with van der Waals surface area (Å²) < 4.78 is 4.94. The van der Waals surface area contributed by atoms with E-state index in [2.05, 4.69) is 22.5 Å². The Kier molecular flexibility index (Phi) is 8.02. The molecular formula is C14H29N3O2. The lowest BCUT2D eigenvalue weighted by Crippen LogP contribution is -2.45. The Morgan fingerprint density at radius 1 is 1.42 bits per heavy atom. The van der Waals surface area contributed by atoms with E-state index in [0.717, 1.165) is 32.1 Å². The molecule has 2 N–H and O–H groups in total. The third kappa shape index (κ3) is 6.89. The van der Waals surface area contributed by atoms with Crippen molar-refractivity contribution >= 4 is 5.91 Å².